The Morgan fingerprint density at radius 1 is 1.56 bits per heavy atom. The third kappa shape index (κ3) is 2.60. The number of aliphatic hydroxyl groups excluding tert-OH is 1. The highest BCUT2D eigenvalue weighted by molar-refractivity contribution is 6.30. The Kier molecular flexibility index (Phi) is 3.78. The smallest absolute Gasteiger partial charge is 0.263 e. The van der Waals surface area contributed by atoms with Crippen LogP contribution in [0.15, 0.2) is 18.2 Å². The first-order valence-electron chi connectivity index (χ1n) is 5.88. The number of carbonyl (C=O) groups excluding carboxylic acids is 1. The molecule has 1 aromatic rings. The van der Waals surface area contributed by atoms with E-state index in [4.69, 9.17) is 16.3 Å². The van der Waals surface area contributed by atoms with Gasteiger partial charge in [0.15, 0.2) is 6.10 Å². The number of nitrogens with zero attached hydrogens (tertiary/aromatic N) is 1. The molecule has 1 heterocycles. The van der Waals surface area contributed by atoms with Gasteiger partial charge in [0, 0.05) is 30.6 Å². The monoisotopic (exact) mass is 269 g/mol. The van der Waals surface area contributed by atoms with Gasteiger partial charge in [-0.15, -0.1) is 0 Å². The van der Waals surface area contributed by atoms with E-state index in [1.165, 1.54) is 0 Å². The lowest BCUT2D eigenvalue weighted by Crippen LogP contribution is -2.29. The molecule has 98 valence electrons. The van der Waals surface area contributed by atoms with Gasteiger partial charge in [-0.05, 0) is 25.1 Å². The summed E-state index contributed by atoms with van der Waals surface area (Å²) in [5.41, 5.74) is 0.602. The Hall–Kier alpha value is -1.26. The summed E-state index contributed by atoms with van der Waals surface area (Å²) in [5.74, 6) is 0.490. The maximum Gasteiger partial charge on any atom is 0.263 e. The first-order chi connectivity index (χ1) is 8.49. The van der Waals surface area contributed by atoms with Gasteiger partial charge in [0.25, 0.3) is 5.91 Å². The van der Waals surface area contributed by atoms with Crippen LogP contribution in [0.25, 0.3) is 0 Å². The molecule has 1 unspecified atom stereocenters. The Morgan fingerprint density at radius 2 is 2.28 bits per heavy atom. The molecule has 2 rings (SSSR count). The van der Waals surface area contributed by atoms with Gasteiger partial charge in [0.1, 0.15) is 5.75 Å². The predicted molar refractivity (Wildman–Crippen MR) is 68.8 cm³/mol. The van der Waals surface area contributed by atoms with Crippen molar-refractivity contribution in [3.05, 3.63) is 28.8 Å². The molecule has 0 bridgehead atoms. The average molecular weight is 270 g/mol. The molecule has 0 saturated carbocycles. The van der Waals surface area contributed by atoms with Gasteiger partial charge < -0.3 is 14.7 Å². The van der Waals surface area contributed by atoms with Crippen molar-refractivity contribution in [1.82, 2.24) is 4.90 Å². The Bertz CT molecular complexity index is 462. The number of carbonyl (C=O) groups is 1. The lowest BCUT2D eigenvalue weighted by molar-refractivity contribution is -0.132. The lowest BCUT2D eigenvalue weighted by Gasteiger charge is -2.17. The zero-order chi connectivity index (χ0) is 13.3. The molecule has 18 heavy (non-hydrogen) atoms. The topological polar surface area (TPSA) is 49.8 Å². The molecule has 1 aliphatic rings. The fourth-order valence-electron chi connectivity index (χ4n) is 2.01. The minimum Gasteiger partial charge on any atom is -0.480 e. The molecule has 4 nitrogen and oxygen atoms in total. The molecule has 0 radical (unpaired) electrons. The van der Waals surface area contributed by atoms with Crippen molar-refractivity contribution < 1.29 is 14.6 Å². The van der Waals surface area contributed by atoms with Crippen LogP contribution < -0.4 is 4.74 Å². The molecule has 5 heteroatoms. The highest BCUT2D eigenvalue weighted by Gasteiger charge is 2.31. The normalized spacial score (nSPS) is 21.2. The van der Waals surface area contributed by atoms with Gasteiger partial charge in [-0.2, -0.15) is 0 Å². The number of likely N-dealkylation sites (tertiary alicyclic amines) is 1. The van der Waals surface area contributed by atoms with Crippen molar-refractivity contribution in [1.29, 1.82) is 0 Å². The van der Waals surface area contributed by atoms with Gasteiger partial charge in [-0.1, -0.05) is 11.6 Å². The van der Waals surface area contributed by atoms with Crippen molar-refractivity contribution in [2.24, 2.45) is 0 Å². The molecule has 1 N–H and O–H groups in total. The highest BCUT2D eigenvalue weighted by atomic mass is 35.5. The van der Waals surface area contributed by atoms with Crippen LogP contribution in [0.4, 0.5) is 0 Å². The summed E-state index contributed by atoms with van der Waals surface area (Å²) in [6, 6.07) is 5.03. The van der Waals surface area contributed by atoms with Crippen molar-refractivity contribution in [3.8, 4) is 5.75 Å². The number of aliphatic hydroxyl groups is 1. The second-order valence-electron chi connectivity index (χ2n) is 4.51. The van der Waals surface area contributed by atoms with Crippen LogP contribution in [0.2, 0.25) is 5.02 Å². The van der Waals surface area contributed by atoms with E-state index in [2.05, 4.69) is 0 Å². The number of amides is 1. The van der Waals surface area contributed by atoms with Crippen molar-refractivity contribution >= 4 is 17.5 Å². The number of likely N-dealkylation sites (N-methyl/N-ethyl adjacent to an activating group) is 1. The molecule has 1 aromatic carbocycles. The number of hydrogen-bond donors (Lipinski definition) is 1. The van der Waals surface area contributed by atoms with Crippen molar-refractivity contribution in [2.45, 2.75) is 25.6 Å². The third-order valence-electron chi connectivity index (χ3n) is 3.07. The SMILES string of the molecule is C[C@H](O)c1cc(Cl)ccc1OC1CCN(C)C1=O. The molecule has 1 saturated heterocycles. The van der Waals surface area contributed by atoms with Gasteiger partial charge in [0.2, 0.25) is 0 Å². The Labute approximate surface area is 111 Å². The molecule has 0 aromatic heterocycles. The molecule has 1 fully saturated rings. The van der Waals surface area contributed by atoms with Gasteiger partial charge in [-0.3, -0.25) is 4.79 Å². The highest BCUT2D eigenvalue weighted by Crippen LogP contribution is 2.30. The number of halogens is 1. The fraction of sp³-hybridized carbons (Fsp3) is 0.462. The molecular formula is C13H16ClNO3. The van der Waals surface area contributed by atoms with E-state index in [1.54, 1.807) is 37.1 Å². The van der Waals surface area contributed by atoms with Crippen LogP contribution in [0.3, 0.4) is 0 Å². The first-order valence-corrected chi connectivity index (χ1v) is 6.26. The van der Waals surface area contributed by atoms with Gasteiger partial charge in [0.05, 0.1) is 6.10 Å². The summed E-state index contributed by atoms with van der Waals surface area (Å²) in [6.45, 7) is 2.34. The first kappa shape index (κ1) is 13.2. The average Bonchev–Trinajstić information content (AvgIpc) is 2.63. The quantitative estimate of drug-likeness (QED) is 0.913. The summed E-state index contributed by atoms with van der Waals surface area (Å²) in [5, 5.41) is 10.2. The number of rotatable bonds is 3. The van der Waals surface area contributed by atoms with E-state index in [-0.39, 0.29) is 5.91 Å². The van der Waals surface area contributed by atoms with Crippen LogP contribution in [0, 0.1) is 0 Å². The van der Waals surface area contributed by atoms with Crippen LogP contribution in [-0.4, -0.2) is 35.6 Å². The summed E-state index contributed by atoms with van der Waals surface area (Å²) >= 11 is 5.89. The fourth-order valence-corrected chi connectivity index (χ4v) is 2.19. The van der Waals surface area contributed by atoms with Gasteiger partial charge >= 0.3 is 0 Å². The van der Waals surface area contributed by atoms with Crippen LogP contribution in [0.1, 0.15) is 25.0 Å². The van der Waals surface area contributed by atoms with E-state index < -0.39 is 12.2 Å². The number of ether oxygens (including phenoxy) is 1. The summed E-state index contributed by atoms with van der Waals surface area (Å²) in [4.78, 5) is 13.4. The van der Waals surface area contributed by atoms with Crippen molar-refractivity contribution in [3.63, 3.8) is 0 Å². The van der Waals surface area contributed by atoms with E-state index in [9.17, 15) is 9.90 Å². The predicted octanol–water partition coefficient (Wildman–Crippen LogP) is 2.00. The zero-order valence-corrected chi connectivity index (χ0v) is 11.1. The molecule has 0 spiro atoms. The van der Waals surface area contributed by atoms with Crippen molar-refractivity contribution in [2.75, 3.05) is 13.6 Å². The Balaban J connectivity index is 2.21. The second-order valence-corrected chi connectivity index (χ2v) is 4.95. The van der Waals surface area contributed by atoms with Gasteiger partial charge in [-0.25, -0.2) is 0 Å². The molecule has 1 amide bonds. The lowest BCUT2D eigenvalue weighted by atomic mass is 10.1. The largest absolute Gasteiger partial charge is 0.480 e. The zero-order valence-electron chi connectivity index (χ0n) is 10.4. The van der Waals surface area contributed by atoms with Crippen LogP contribution >= 0.6 is 11.6 Å². The molecule has 2 atom stereocenters. The standard InChI is InChI=1S/C13H16ClNO3/c1-8(16)10-7-9(14)3-4-11(10)18-12-5-6-15(2)13(12)17/h3-4,7-8,12,16H,5-6H2,1-2H3/t8-,12?/m0/s1. The molecule has 0 aliphatic carbocycles. The maximum absolute atomic E-state index is 11.8. The van der Waals surface area contributed by atoms with E-state index in [0.29, 0.717) is 29.3 Å². The Morgan fingerprint density at radius 3 is 2.83 bits per heavy atom. The summed E-state index contributed by atoms with van der Waals surface area (Å²) in [7, 11) is 1.75. The van der Waals surface area contributed by atoms with E-state index in [1.807, 2.05) is 0 Å². The maximum atomic E-state index is 11.8. The second kappa shape index (κ2) is 5.16. The van der Waals surface area contributed by atoms with Crippen LogP contribution in [0.5, 0.6) is 5.75 Å². The van der Waals surface area contributed by atoms with E-state index >= 15 is 0 Å². The summed E-state index contributed by atoms with van der Waals surface area (Å²) in [6.07, 6.45) is -0.487. The third-order valence-corrected chi connectivity index (χ3v) is 3.30. The molecular weight excluding hydrogens is 254 g/mol. The number of benzene rings is 1. The van der Waals surface area contributed by atoms with Crippen LogP contribution in [-0.2, 0) is 4.79 Å². The number of hydrogen-bond acceptors (Lipinski definition) is 3. The minimum absolute atomic E-state index is 0.0264. The summed E-state index contributed by atoms with van der Waals surface area (Å²) < 4.78 is 5.70. The molecule has 1 aliphatic heterocycles. The van der Waals surface area contributed by atoms with E-state index in [0.717, 1.165) is 0 Å². The minimum atomic E-state index is -0.687.